The van der Waals surface area contributed by atoms with Gasteiger partial charge in [0.05, 0.1) is 22.3 Å². The molecular weight excluding hydrogens is 812 g/mol. The Morgan fingerprint density at radius 2 is 0.981 bits per heavy atom. The first-order valence-corrected chi connectivity index (χ1v) is 19.6. The topological polar surface area (TPSA) is 317 Å². The third-order valence-corrected chi connectivity index (χ3v) is 8.86. The number of aliphatic hydroxyl groups is 3. The van der Waals surface area contributed by atoms with Gasteiger partial charge in [0, 0.05) is 12.8 Å². The molecule has 0 amide bonds. The first kappa shape index (κ1) is 65.3. The molecule has 1 aliphatic carbocycles. The molecule has 8 atom stereocenters. The standard InChI is InChI=1S/C25H49O19P3.5Na/c1-3-5-7-9-11-13-18(26)39-15-17(41-19(27)14-12-10-8-6-4-2)16-40-47(37,38)44-23-20(28)21(29)24(42-45(31,32)33)25(22(23)30)43-46(34,35)36;;;;;/h17,20-25,28-30H,3-16H2,1-2H3,(H,37,38)(H2,31,32,33)(H2,34,35,36);;;;;/q;5*+1/p-5/t17-,20-,21+,22+,23-,24-,25-;;;;;/m1...../s1. The summed E-state index contributed by atoms with van der Waals surface area (Å²) < 4.78 is 62.5. The van der Waals surface area contributed by atoms with Gasteiger partial charge in [-0.3, -0.25) is 14.2 Å². The molecule has 1 aliphatic rings. The fraction of sp³-hybridized carbons (Fsp3) is 0.920. The van der Waals surface area contributed by atoms with Crippen molar-refractivity contribution in [2.24, 2.45) is 0 Å². The van der Waals surface area contributed by atoms with Gasteiger partial charge in [0.2, 0.25) is 0 Å². The molecule has 0 spiro atoms. The van der Waals surface area contributed by atoms with Gasteiger partial charge in [0.1, 0.15) is 43.2 Å². The van der Waals surface area contributed by atoms with Crippen molar-refractivity contribution < 1.29 is 238 Å². The Balaban J connectivity index is -0.00000147. The Bertz CT molecular complexity index is 1100. The summed E-state index contributed by atoms with van der Waals surface area (Å²) in [4.78, 5) is 81.7. The predicted octanol–water partition coefficient (Wildman–Crippen LogP) is -16.4. The van der Waals surface area contributed by atoms with E-state index in [-0.39, 0.29) is 161 Å². The average molecular weight is 856 g/mol. The third-order valence-electron chi connectivity index (χ3n) is 6.89. The van der Waals surface area contributed by atoms with Crippen LogP contribution in [0.3, 0.4) is 0 Å². The molecule has 1 rings (SSSR count). The van der Waals surface area contributed by atoms with Gasteiger partial charge in [-0.05, 0) is 12.8 Å². The second kappa shape index (κ2) is 33.8. The van der Waals surface area contributed by atoms with Crippen molar-refractivity contribution in [3.05, 3.63) is 0 Å². The van der Waals surface area contributed by atoms with Crippen molar-refractivity contribution in [3.8, 4) is 0 Å². The minimum absolute atomic E-state index is 0. The molecular formula is C25H44Na5O19P3. The van der Waals surface area contributed by atoms with Crippen LogP contribution >= 0.6 is 23.5 Å². The van der Waals surface area contributed by atoms with Crippen LogP contribution in [0.2, 0.25) is 0 Å². The first-order chi connectivity index (χ1) is 21.8. The molecule has 27 heteroatoms. The number of carbonyl (C=O) groups is 2. The number of hydrogen-bond acceptors (Lipinski definition) is 19. The summed E-state index contributed by atoms with van der Waals surface area (Å²) in [6.45, 7) is 2.41. The summed E-state index contributed by atoms with van der Waals surface area (Å²) in [6.07, 6.45) is -9.23. The zero-order valence-electron chi connectivity index (χ0n) is 31.2. The first-order valence-electron chi connectivity index (χ1n) is 15.2. The maximum Gasteiger partial charge on any atom is 1.00 e. The van der Waals surface area contributed by atoms with Gasteiger partial charge in [0.15, 0.2) is 6.10 Å². The molecule has 278 valence electrons. The van der Waals surface area contributed by atoms with E-state index in [4.69, 9.17) is 14.0 Å². The molecule has 0 aliphatic heterocycles. The van der Waals surface area contributed by atoms with Crippen LogP contribution in [0.1, 0.15) is 90.9 Å². The van der Waals surface area contributed by atoms with Crippen molar-refractivity contribution in [1.82, 2.24) is 0 Å². The Kier molecular flexibility index (Phi) is 42.5. The average Bonchev–Trinajstić information content (AvgIpc) is 2.96. The van der Waals surface area contributed by atoms with Crippen LogP contribution in [0.25, 0.3) is 0 Å². The fourth-order valence-corrected chi connectivity index (χ4v) is 6.60. The number of carbonyl (C=O) groups excluding carboxylic acids is 2. The second-order valence-electron chi connectivity index (χ2n) is 10.9. The van der Waals surface area contributed by atoms with Crippen molar-refractivity contribution in [2.75, 3.05) is 13.2 Å². The zero-order chi connectivity index (χ0) is 35.8. The summed E-state index contributed by atoms with van der Waals surface area (Å²) >= 11 is 0. The zero-order valence-corrected chi connectivity index (χ0v) is 43.8. The molecule has 52 heavy (non-hydrogen) atoms. The van der Waals surface area contributed by atoms with Crippen molar-refractivity contribution in [1.29, 1.82) is 0 Å². The van der Waals surface area contributed by atoms with E-state index in [0.717, 1.165) is 51.4 Å². The number of ether oxygens (including phenoxy) is 2. The molecule has 1 unspecified atom stereocenters. The summed E-state index contributed by atoms with van der Waals surface area (Å²) in [7, 11) is -17.9. The minimum atomic E-state index is -6.13. The number of phosphoric ester groups is 3. The van der Waals surface area contributed by atoms with Gasteiger partial charge in [-0.25, -0.2) is 0 Å². The number of rotatable bonds is 24. The van der Waals surface area contributed by atoms with E-state index in [1.165, 1.54) is 0 Å². The number of hydrogen-bond donors (Lipinski definition) is 3. The summed E-state index contributed by atoms with van der Waals surface area (Å²) in [5, 5.41) is 31.0. The van der Waals surface area contributed by atoms with E-state index in [1.54, 1.807) is 0 Å². The third kappa shape index (κ3) is 29.4. The van der Waals surface area contributed by atoms with Gasteiger partial charge >= 0.3 is 160 Å². The van der Waals surface area contributed by atoms with Crippen LogP contribution in [0, 0.1) is 0 Å². The maximum atomic E-state index is 12.7. The van der Waals surface area contributed by atoms with Crippen molar-refractivity contribution in [3.63, 3.8) is 0 Å². The largest absolute Gasteiger partial charge is 1.00 e. The summed E-state index contributed by atoms with van der Waals surface area (Å²) in [5.41, 5.74) is 0. The monoisotopic (exact) mass is 856 g/mol. The van der Waals surface area contributed by atoms with Gasteiger partial charge in [-0.1, -0.05) is 65.2 Å². The van der Waals surface area contributed by atoms with Gasteiger partial charge in [-0.15, -0.1) is 0 Å². The molecule has 1 fully saturated rings. The number of unbranched alkanes of at least 4 members (excludes halogenated alkanes) is 8. The molecule has 1 saturated carbocycles. The molecule has 0 aromatic heterocycles. The van der Waals surface area contributed by atoms with E-state index in [0.29, 0.717) is 12.8 Å². The minimum Gasteiger partial charge on any atom is -0.790 e. The van der Waals surface area contributed by atoms with Crippen molar-refractivity contribution >= 4 is 35.4 Å². The van der Waals surface area contributed by atoms with E-state index in [9.17, 15) is 63.1 Å². The van der Waals surface area contributed by atoms with Crippen LogP contribution in [-0.2, 0) is 50.9 Å². The van der Waals surface area contributed by atoms with Crippen molar-refractivity contribution in [2.45, 2.75) is 134 Å². The van der Waals surface area contributed by atoms with E-state index < -0.39 is 91.3 Å². The predicted molar refractivity (Wildman–Crippen MR) is 149 cm³/mol. The van der Waals surface area contributed by atoms with Crippen LogP contribution in [-0.4, -0.2) is 83.2 Å². The van der Waals surface area contributed by atoms with Gasteiger partial charge in [-0.2, -0.15) is 0 Å². The number of phosphoric acid groups is 3. The fourth-order valence-electron chi connectivity index (χ4n) is 4.55. The number of esters is 2. The molecule has 0 heterocycles. The summed E-state index contributed by atoms with van der Waals surface area (Å²) in [5.74, 6) is -1.41. The molecule has 0 saturated heterocycles. The Labute approximate surface area is 415 Å². The Morgan fingerprint density at radius 1 is 0.577 bits per heavy atom. The van der Waals surface area contributed by atoms with Crippen LogP contribution in [0.5, 0.6) is 0 Å². The maximum absolute atomic E-state index is 12.7. The summed E-state index contributed by atoms with van der Waals surface area (Å²) in [6, 6.07) is 0. The van der Waals surface area contributed by atoms with E-state index in [1.807, 2.05) is 13.8 Å². The molecule has 19 nitrogen and oxygen atoms in total. The normalized spacial score (nSPS) is 23.1. The second-order valence-corrected chi connectivity index (χ2v) is 14.5. The van der Waals surface area contributed by atoms with Crippen LogP contribution in [0.4, 0.5) is 0 Å². The van der Waals surface area contributed by atoms with Crippen LogP contribution < -0.4 is 172 Å². The molecule has 0 aromatic rings. The van der Waals surface area contributed by atoms with E-state index in [2.05, 4.69) is 13.6 Å². The quantitative estimate of drug-likeness (QED) is 0.0351. The molecule has 0 bridgehead atoms. The SMILES string of the molecule is CCCCCCCC(=O)OC[C@H](COP(=O)([O-])O[C@@H]1[C@H](O)[C@H](O)[C@@H](OP(=O)([O-])[O-])[C@H](OP(=O)([O-])[O-])[C@H]1O)OC(=O)CCCCCCC.[Na+].[Na+].[Na+].[Na+].[Na+]. The Hall–Kier alpha value is 4.15. The van der Waals surface area contributed by atoms with Gasteiger partial charge < -0.3 is 76.5 Å². The van der Waals surface area contributed by atoms with E-state index >= 15 is 0 Å². The number of aliphatic hydroxyl groups excluding tert-OH is 3. The molecule has 0 radical (unpaired) electrons. The molecule has 0 aromatic carbocycles. The van der Waals surface area contributed by atoms with Crippen LogP contribution in [0.15, 0.2) is 0 Å². The smallest absolute Gasteiger partial charge is 0.790 e. The molecule has 3 N–H and O–H groups in total. The Morgan fingerprint density at radius 3 is 1.42 bits per heavy atom. The van der Waals surface area contributed by atoms with Gasteiger partial charge in [0.25, 0.3) is 7.82 Å².